The highest BCUT2D eigenvalue weighted by atomic mass is 16.5. The maximum Gasteiger partial charge on any atom is 0.354 e. The minimum atomic E-state index is -0.989. The molecule has 0 spiro atoms. The van der Waals surface area contributed by atoms with Gasteiger partial charge in [0.2, 0.25) is 0 Å². The van der Waals surface area contributed by atoms with Crippen LogP contribution in [0.1, 0.15) is 33.3 Å². The number of aromatic carboxylic acids is 1. The van der Waals surface area contributed by atoms with Gasteiger partial charge < -0.3 is 14.2 Å². The van der Waals surface area contributed by atoms with Gasteiger partial charge in [0.05, 0.1) is 18.4 Å². The van der Waals surface area contributed by atoms with E-state index in [4.69, 9.17) is 9.63 Å². The summed E-state index contributed by atoms with van der Waals surface area (Å²) in [5.74, 6) is 0.367. The predicted molar refractivity (Wildman–Crippen MR) is 59.0 cm³/mol. The number of aromatic nitrogens is 3. The van der Waals surface area contributed by atoms with E-state index < -0.39 is 5.97 Å². The molecule has 2 heterocycles. The molecule has 0 radical (unpaired) electrons. The van der Waals surface area contributed by atoms with Crippen LogP contribution in [0, 0.1) is 20.8 Å². The van der Waals surface area contributed by atoms with Crippen LogP contribution in [0.3, 0.4) is 0 Å². The molecule has 2 rings (SSSR count). The molecule has 6 nitrogen and oxygen atoms in total. The first-order valence-corrected chi connectivity index (χ1v) is 5.18. The molecule has 0 aromatic carbocycles. The predicted octanol–water partition coefficient (Wildman–Crippen LogP) is 1.54. The van der Waals surface area contributed by atoms with E-state index in [0.29, 0.717) is 18.1 Å². The first-order valence-electron chi connectivity index (χ1n) is 5.18. The van der Waals surface area contributed by atoms with Crippen molar-refractivity contribution in [3.05, 3.63) is 34.7 Å². The van der Waals surface area contributed by atoms with Crippen molar-refractivity contribution >= 4 is 5.97 Å². The van der Waals surface area contributed by atoms with E-state index in [1.807, 2.05) is 13.8 Å². The first kappa shape index (κ1) is 11.4. The van der Waals surface area contributed by atoms with Crippen LogP contribution in [-0.4, -0.2) is 25.8 Å². The number of nitrogens with zero attached hydrogens (tertiary/aromatic N) is 3. The van der Waals surface area contributed by atoms with Gasteiger partial charge in [-0.2, -0.15) is 0 Å². The van der Waals surface area contributed by atoms with Gasteiger partial charge in [0.25, 0.3) is 0 Å². The summed E-state index contributed by atoms with van der Waals surface area (Å²) in [6.07, 6.45) is 1.36. The van der Waals surface area contributed by atoms with Gasteiger partial charge in [0, 0.05) is 5.56 Å². The molecule has 0 unspecified atom stereocenters. The maximum absolute atomic E-state index is 11.0. The van der Waals surface area contributed by atoms with Crippen molar-refractivity contribution < 1.29 is 14.4 Å². The molecule has 0 saturated heterocycles. The highest BCUT2D eigenvalue weighted by Gasteiger charge is 2.17. The van der Waals surface area contributed by atoms with Crippen LogP contribution in [0.15, 0.2) is 10.7 Å². The highest BCUT2D eigenvalue weighted by molar-refractivity contribution is 5.85. The quantitative estimate of drug-likeness (QED) is 0.872. The van der Waals surface area contributed by atoms with Crippen molar-refractivity contribution in [2.45, 2.75) is 27.3 Å². The molecule has 0 aliphatic rings. The Morgan fingerprint density at radius 3 is 2.71 bits per heavy atom. The molecule has 17 heavy (non-hydrogen) atoms. The van der Waals surface area contributed by atoms with Gasteiger partial charge in [0.1, 0.15) is 17.3 Å². The Morgan fingerprint density at radius 2 is 2.18 bits per heavy atom. The molecule has 1 N–H and O–H groups in total. The SMILES string of the molecule is Cc1noc(C)c1Cn1c(C(=O)O)cnc1C. The summed E-state index contributed by atoms with van der Waals surface area (Å²) >= 11 is 0. The summed E-state index contributed by atoms with van der Waals surface area (Å²) in [4.78, 5) is 15.0. The number of imidazole rings is 1. The molecule has 0 saturated carbocycles. The van der Waals surface area contributed by atoms with E-state index in [9.17, 15) is 4.79 Å². The normalized spacial score (nSPS) is 10.8. The molecule has 0 fully saturated rings. The minimum absolute atomic E-state index is 0.169. The lowest BCUT2D eigenvalue weighted by Gasteiger charge is -2.07. The fourth-order valence-electron chi connectivity index (χ4n) is 1.72. The Balaban J connectivity index is 2.43. The van der Waals surface area contributed by atoms with Crippen molar-refractivity contribution in [1.29, 1.82) is 0 Å². The van der Waals surface area contributed by atoms with E-state index >= 15 is 0 Å². The van der Waals surface area contributed by atoms with Gasteiger partial charge in [-0.25, -0.2) is 9.78 Å². The second-order valence-electron chi connectivity index (χ2n) is 3.88. The lowest BCUT2D eigenvalue weighted by molar-refractivity contribution is 0.0685. The third-order valence-electron chi connectivity index (χ3n) is 2.77. The van der Waals surface area contributed by atoms with Crippen LogP contribution in [0.25, 0.3) is 0 Å². The topological polar surface area (TPSA) is 81.2 Å². The average Bonchev–Trinajstić information content (AvgIpc) is 2.77. The van der Waals surface area contributed by atoms with E-state index in [2.05, 4.69) is 10.1 Å². The second-order valence-corrected chi connectivity index (χ2v) is 3.88. The summed E-state index contributed by atoms with van der Waals surface area (Å²) in [7, 11) is 0. The third kappa shape index (κ3) is 1.93. The molecular weight excluding hydrogens is 222 g/mol. The molecule has 6 heteroatoms. The molecule has 0 aliphatic heterocycles. The summed E-state index contributed by atoms with van der Waals surface area (Å²) in [5.41, 5.74) is 1.84. The molecule has 0 atom stereocenters. The summed E-state index contributed by atoms with van der Waals surface area (Å²) in [5, 5.41) is 12.9. The number of hydrogen-bond donors (Lipinski definition) is 1. The average molecular weight is 235 g/mol. The van der Waals surface area contributed by atoms with Crippen molar-refractivity contribution in [1.82, 2.24) is 14.7 Å². The standard InChI is InChI=1S/C11H13N3O3/c1-6-9(7(2)17-13-6)5-14-8(3)12-4-10(14)11(15)16/h4H,5H2,1-3H3,(H,15,16). The zero-order valence-corrected chi connectivity index (χ0v) is 9.89. The molecule has 0 bridgehead atoms. The van der Waals surface area contributed by atoms with Gasteiger partial charge in [0.15, 0.2) is 0 Å². The Kier molecular flexibility index (Phi) is 2.71. The van der Waals surface area contributed by atoms with Crippen LogP contribution in [0.2, 0.25) is 0 Å². The number of rotatable bonds is 3. The highest BCUT2D eigenvalue weighted by Crippen LogP contribution is 2.16. The largest absolute Gasteiger partial charge is 0.477 e. The van der Waals surface area contributed by atoms with Crippen molar-refractivity contribution in [2.24, 2.45) is 0 Å². The molecule has 0 amide bonds. The van der Waals surface area contributed by atoms with Crippen LogP contribution in [-0.2, 0) is 6.54 Å². The third-order valence-corrected chi connectivity index (χ3v) is 2.77. The van der Waals surface area contributed by atoms with Crippen LogP contribution >= 0.6 is 0 Å². The number of carbonyl (C=O) groups is 1. The van der Waals surface area contributed by atoms with Crippen molar-refractivity contribution in [2.75, 3.05) is 0 Å². The Morgan fingerprint density at radius 1 is 1.47 bits per heavy atom. The zero-order valence-electron chi connectivity index (χ0n) is 9.89. The van der Waals surface area contributed by atoms with E-state index in [-0.39, 0.29) is 5.69 Å². The molecule has 90 valence electrons. The Labute approximate surface area is 97.9 Å². The van der Waals surface area contributed by atoms with Gasteiger partial charge in [-0.1, -0.05) is 5.16 Å². The lowest BCUT2D eigenvalue weighted by atomic mass is 10.2. The minimum Gasteiger partial charge on any atom is -0.477 e. The summed E-state index contributed by atoms with van der Waals surface area (Å²) in [6, 6.07) is 0. The first-order chi connectivity index (χ1) is 8.00. The van der Waals surface area contributed by atoms with Crippen LogP contribution in [0.5, 0.6) is 0 Å². The monoisotopic (exact) mass is 235 g/mol. The number of aryl methyl sites for hydroxylation is 3. The maximum atomic E-state index is 11.0. The number of carboxylic acids is 1. The number of hydrogen-bond acceptors (Lipinski definition) is 4. The van der Waals surface area contributed by atoms with Gasteiger partial charge >= 0.3 is 5.97 Å². The summed E-state index contributed by atoms with van der Waals surface area (Å²) in [6.45, 7) is 5.82. The van der Waals surface area contributed by atoms with Crippen molar-refractivity contribution in [3.8, 4) is 0 Å². The van der Waals surface area contributed by atoms with E-state index in [1.54, 1.807) is 11.5 Å². The number of carboxylic acid groups (broad SMARTS) is 1. The Bertz CT molecular complexity index is 549. The van der Waals surface area contributed by atoms with Crippen LogP contribution in [0.4, 0.5) is 0 Å². The van der Waals surface area contributed by atoms with Crippen molar-refractivity contribution in [3.63, 3.8) is 0 Å². The lowest BCUT2D eigenvalue weighted by Crippen LogP contribution is -2.11. The Hall–Kier alpha value is -2.11. The van der Waals surface area contributed by atoms with Crippen LogP contribution < -0.4 is 0 Å². The fourth-order valence-corrected chi connectivity index (χ4v) is 1.72. The zero-order chi connectivity index (χ0) is 12.6. The molecule has 2 aromatic rings. The molecule has 2 aromatic heterocycles. The molecular formula is C11H13N3O3. The fraction of sp³-hybridized carbons (Fsp3) is 0.364. The molecule has 0 aliphatic carbocycles. The summed E-state index contributed by atoms with van der Waals surface area (Å²) < 4.78 is 6.69. The smallest absolute Gasteiger partial charge is 0.354 e. The van der Waals surface area contributed by atoms with Gasteiger partial charge in [-0.3, -0.25) is 0 Å². The van der Waals surface area contributed by atoms with Gasteiger partial charge in [-0.15, -0.1) is 0 Å². The van der Waals surface area contributed by atoms with Gasteiger partial charge in [-0.05, 0) is 20.8 Å². The van der Waals surface area contributed by atoms with E-state index in [1.165, 1.54) is 6.20 Å². The van der Waals surface area contributed by atoms with E-state index in [0.717, 1.165) is 11.3 Å². The second kappa shape index (κ2) is 4.04.